The summed E-state index contributed by atoms with van der Waals surface area (Å²) >= 11 is 1.88. The van der Waals surface area contributed by atoms with E-state index in [1.165, 1.54) is 97.7 Å². The second-order valence-corrected chi connectivity index (χ2v) is 18.6. The number of anilines is 3. The zero-order valence-electron chi connectivity index (χ0n) is 36.7. The second kappa shape index (κ2) is 16.0. The topological polar surface area (TPSA) is 3.24 Å². The maximum atomic E-state index is 2.48. The third-order valence-electron chi connectivity index (χ3n) is 13.9. The first kappa shape index (κ1) is 39.1. The van der Waals surface area contributed by atoms with E-state index in [9.17, 15) is 0 Å². The molecule has 0 fully saturated rings. The summed E-state index contributed by atoms with van der Waals surface area (Å²) in [6, 6.07) is 96.3. The zero-order valence-corrected chi connectivity index (χ0v) is 37.5. The van der Waals surface area contributed by atoms with E-state index in [0.29, 0.717) is 0 Å². The molecule has 0 radical (unpaired) electrons. The lowest BCUT2D eigenvalue weighted by molar-refractivity contribution is 0.775. The van der Waals surface area contributed by atoms with Crippen LogP contribution in [0.15, 0.2) is 261 Å². The van der Waals surface area contributed by atoms with E-state index in [2.05, 4.69) is 266 Å². The summed E-state index contributed by atoms with van der Waals surface area (Å²) in [5.41, 5.74) is 17.6. The molecule has 1 nitrogen and oxygen atoms in total. The first-order chi connectivity index (χ1) is 33.2. The second-order valence-electron chi connectivity index (χ2n) is 17.5. The molecule has 1 aliphatic rings. The van der Waals surface area contributed by atoms with Gasteiger partial charge in [0.05, 0.1) is 5.41 Å². The third-order valence-corrected chi connectivity index (χ3v) is 15.2. The Morgan fingerprint density at radius 1 is 0.299 bits per heavy atom. The summed E-state index contributed by atoms with van der Waals surface area (Å²) in [5, 5.41) is 5.15. The molecular weight excluding hydrogens is 827 g/mol. The van der Waals surface area contributed by atoms with Gasteiger partial charge in [0.2, 0.25) is 0 Å². The minimum absolute atomic E-state index is 0.571. The highest BCUT2D eigenvalue weighted by Crippen LogP contribution is 2.60. The number of thiophene rings is 1. The molecule has 13 rings (SSSR count). The average molecular weight is 870 g/mol. The van der Waals surface area contributed by atoms with E-state index in [4.69, 9.17) is 0 Å². The van der Waals surface area contributed by atoms with Gasteiger partial charge in [-0.1, -0.05) is 212 Å². The molecule has 2 heteroatoms. The van der Waals surface area contributed by atoms with Crippen molar-refractivity contribution in [3.05, 3.63) is 283 Å². The van der Waals surface area contributed by atoms with Crippen molar-refractivity contribution in [3.63, 3.8) is 0 Å². The normalized spacial score (nSPS) is 12.6. The third kappa shape index (κ3) is 6.29. The van der Waals surface area contributed by atoms with Crippen LogP contribution in [0, 0.1) is 0 Å². The first-order valence-corrected chi connectivity index (χ1v) is 23.9. The van der Waals surface area contributed by atoms with Crippen LogP contribution in [0.5, 0.6) is 0 Å². The molecule has 1 aliphatic carbocycles. The maximum Gasteiger partial charge on any atom is 0.0719 e. The molecule has 0 N–H and O–H groups in total. The predicted octanol–water partition coefficient (Wildman–Crippen LogP) is 18.0. The smallest absolute Gasteiger partial charge is 0.0719 e. The fraction of sp³-hybridized carbons (Fsp3) is 0.0154. The highest BCUT2D eigenvalue weighted by molar-refractivity contribution is 7.26. The Balaban J connectivity index is 1.05. The molecule has 12 aromatic rings. The summed E-state index contributed by atoms with van der Waals surface area (Å²) in [6.45, 7) is 0. The van der Waals surface area contributed by atoms with Gasteiger partial charge in [-0.2, -0.15) is 0 Å². The van der Waals surface area contributed by atoms with Crippen LogP contribution in [-0.4, -0.2) is 0 Å². The fourth-order valence-electron chi connectivity index (χ4n) is 11.0. The van der Waals surface area contributed by atoms with Crippen molar-refractivity contribution < 1.29 is 0 Å². The molecule has 0 amide bonds. The lowest BCUT2D eigenvalue weighted by Gasteiger charge is -2.35. The minimum atomic E-state index is -0.571. The van der Waals surface area contributed by atoms with Crippen molar-refractivity contribution in [2.45, 2.75) is 5.41 Å². The van der Waals surface area contributed by atoms with Gasteiger partial charge in [0.1, 0.15) is 0 Å². The van der Waals surface area contributed by atoms with Crippen molar-refractivity contribution in [3.8, 4) is 44.5 Å². The summed E-state index contributed by atoms with van der Waals surface area (Å²) in [6.07, 6.45) is 0. The summed E-state index contributed by atoms with van der Waals surface area (Å²) < 4.78 is 2.64. The van der Waals surface area contributed by atoms with Gasteiger partial charge in [0.25, 0.3) is 0 Å². The zero-order chi connectivity index (χ0) is 44.3. The number of rotatable bonds is 8. The van der Waals surface area contributed by atoms with Crippen molar-refractivity contribution in [2.24, 2.45) is 0 Å². The molecule has 314 valence electrons. The van der Waals surface area contributed by atoms with Gasteiger partial charge in [-0.3, -0.25) is 0 Å². The van der Waals surface area contributed by atoms with Crippen LogP contribution < -0.4 is 4.90 Å². The summed E-state index contributed by atoms with van der Waals surface area (Å²) in [4.78, 5) is 2.43. The molecule has 67 heavy (non-hydrogen) atoms. The molecule has 0 unspecified atom stereocenters. The lowest BCUT2D eigenvalue weighted by atomic mass is 9.66. The maximum absolute atomic E-state index is 2.48. The van der Waals surface area contributed by atoms with E-state index < -0.39 is 5.41 Å². The standard InChI is InChI=1S/C65H43NS/c1-5-18-44(19-6-1)45-32-36-50(37-33-45)66(51-38-34-47(35-39-51)53-29-17-30-57-55-27-15-16-31-62(55)67-64(53)57)52-40-41-61-59(42-52)60-43-58(46-20-7-2-8-21-46)54-26-13-14-28-56(54)63(60)65(61,48-22-9-3-10-23-48)49-24-11-4-12-25-49/h1-43H. The van der Waals surface area contributed by atoms with Crippen LogP contribution in [0.1, 0.15) is 22.3 Å². The highest BCUT2D eigenvalue weighted by Gasteiger charge is 2.47. The van der Waals surface area contributed by atoms with Crippen LogP contribution in [-0.2, 0) is 5.41 Å². The predicted molar refractivity (Wildman–Crippen MR) is 285 cm³/mol. The van der Waals surface area contributed by atoms with E-state index in [-0.39, 0.29) is 0 Å². The van der Waals surface area contributed by atoms with Crippen LogP contribution >= 0.6 is 11.3 Å². The Morgan fingerprint density at radius 3 is 1.45 bits per heavy atom. The van der Waals surface area contributed by atoms with Gasteiger partial charge in [-0.25, -0.2) is 0 Å². The van der Waals surface area contributed by atoms with Crippen LogP contribution in [0.2, 0.25) is 0 Å². The van der Waals surface area contributed by atoms with Gasteiger partial charge in [-0.15, -0.1) is 11.3 Å². The largest absolute Gasteiger partial charge is 0.310 e. The Bertz CT molecular complexity index is 3720. The van der Waals surface area contributed by atoms with E-state index in [1.807, 2.05) is 11.3 Å². The fourth-order valence-corrected chi connectivity index (χ4v) is 12.2. The van der Waals surface area contributed by atoms with Gasteiger partial charge >= 0.3 is 0 Å². The Labute approximate surface area is 395 Å². The highest BCUT2D eigenvalue weighted by atomic mass is 32.1. The van der Waals surface area contributed by atoms with Gasteiger partial charge in [0, 0.05) is 37.2 Å². The Kier molecular flexibility index (Phi) is 9.33. The Hall–Kier alpha value is -8.30. The van der Waals surface area contributed by atoms with Crippen molar-refractivity contribution in [2.75, 3.05) is 4.90 Å². The van der Waals surface area contributed by atoms with Crippen LogP contribution in [0.25, 0.3) is 75.5 Å². The molecule has 1 aromatic heterocycles. The number of fused-ring (bicyclic) bond motifs is 8. The van der Waals surface area contributed by atoms with Gasteiger partial charge < -0.3 is 4.90 Å². The number of benzene rings is 11. The molecule has 0 atom stereocenters. The van der Waals surface area contributed by atoms with Gasteiger partial charge in [-0.05, 0) is 126 Å². The van der Waals surface area contributed by atoms with E-state index in [1.54, 1.807) is 0 Å². The molecule has 0 saturated heterocycles. The minimum Gasteiger partial charge on any atom is -0.310 e. The van der Waals surface area contributed by atoms with E-state index >= 15 is 0 Å². The molecule has 11 aromatic carbocycles. The molecule has 0 spiro atoms. The molecule has 0 bridgehead atoms. The van der Waals surface area contributed by atoms with Crippen LogP contribution in [0.4, 0.5) is 17.1 Å². The SMILES string of the molecule is c1ccc(-c2ccc(N(c3ccc(-c4cccc5c4sc4ccccc45)cc3)c3ccc4c(c3)-c3cc(-c5ccccc5)c5ccccc5c3C4(c3ccccc3)c3ccccc3)cc2)cc1. The summed E-state index contributed by atoms with van der Waals surface area (Å²) in [7, 11) is 0. The Morgan fingerprint density at radius 2 is 0.791 bits per heavy atom. The quantitative estimate of drug-likeness (QED) is 0.147. The number of nitrogens with zero attached hydrogens (tertiary/aromatic N) is 1. The monoisotopic (exact) mass is 869 g/mol. The number of hydrogen-bond acceptors (Lipinski definition) is 2. The average Bonchev–Trinajstić information content (AvgIpc) is 3.94. The molecular formula is C65H43NS. The van der Waals surface area contributed by atoms with Gasteiger partial charge in [0.15, 0.2) is 0 Å². The number of hydrogen-bond donors (Lipinski definition) is 0. The van der Waals surface area contributed by atoms with Crippen molar-refractivity contribution in [1.82, 2.24) is 0 Å². The van der Waals surface area contributed by atoms with Crippen molar-refractivity contribution >= 4 is 59.3 Å². The molecule has 0 saturated carbocycles. The van der Waals surface area contributed by atoms with Crippen LogP contribution in [0.3, 0.4) is 0 Å². The summed E-state index contributed by atoms with van der Waals surface area (Å²) in [5.74, 6) is 0. The first-order valence-electron chi connectivity index (χ1n) is 23.1. The van der Waals surface area contributed by atoms with Crippen molar-refractivity contribution in [1.29, 1.82) is 0 Å². The van der Waals surface area contributed by atoms with E-state index in [0.717, 1.165) is 17.1 Å². The molecule has 1 heterocycles. The lowest BCUT2D eigenvalue weighted by Crippen LogP contribution is -2.29. The molecule has 0 aliphatic heterocycles.